The van der Waals surface area contributed by atoms with Crippen LogP contribution in [0, 0.1) is 19.3 Å². The molecule has 0 bridgehead atoms. The molecule has 0 atom stereocenters. The van der Waals surface area contributed by atoms with Crippen molar-refractivity contribution in [3.8, 4) is 0 Å². The van der Waals surface area contributed by atoms with Crippen molar-refractivity contribution in [2.75, 3.05) is 10.6 Å². The average Bonchev–Trinajstić information content (AvgIpc) is 3.21. The van der Waals surface area contributed by atoms with Crippen molar-refractivity contribution >= 4 is 39.2 Å². The highest BCUT2D eigenvalue weighted by atomic mass is 79.9. The summed E-state index contributed by atoms with van der Waals surface area (Å²) < 4.78 is 5.85. The van der Waals surface area contributed by atoms with Crippen molar-refractivity contribution in [3.05, 3.63) is 40.1 Å². The van der Waals surface area contributed by atoms with Gasteiger partial charge in [0.25, 0.3) is 0 Å². The van der Waals surface area contributed by atoms with Crippen molar-refractivity contribution in [1.29, 1.82) is 0 Å². The molecular formula is C16H16BrN3O3. The smallest absolute Gasteiger partial charge is 0.241 e. The lowest BCUT2D eigenvalue weighted by atomic mass is 10.0. The van der Waals surface area contributed by atoms with Crippen LogP contribution < -0.4 is 10.6 Å². The number of halogens is 1. The molecule has 0 unspecified atom stereocenters. The van der Waals surface area contributed by atoms with E-state index >= 15 is 0 Å². The number of nitrogens with zero attached hydrogens (tertiary/aromatic N) is 1. The second kappa shape index (κ2) is 5.81. The van der Waals surface area contributed by atoms with Gasteiger partial charge < -0.3 is 15.2 Å². The van der Waals surface area contributed by atoms with Crippen LogP contribution in [0.15, 0.2) is 33.3 Å². The Bertz CT molecular complexity index is 781. The Hall–Kier alpha value is -2.15. The molecule has 1 aliphatic rings. The predicted octanol–water partition coefficient (Wildman–Crippen LogP) is 3.41. The lowest BCUT2D eigenvalue weighted by molar-refractivity contribution is -0.131. The van der Waals surface area contributed by atoms with E-state index in [2.05, 4.69) is 31.7 Å². The Morgan fingerprint density at radius 3 is 2.43 bits per heavy atom. The number of benzene rings is 1. The molecule has 6 nitrogen and oxygen atoms in total. The van der Waals surface area contributed by atoms with Crippen molar-refractivity contribution in [3.63, 3.8) is 0 Å². The number of aromatic nitrogens is 1. The van der Waals surface area contributed by atoms with Gasteiger partial charge in [0.2, 0.25) is 11.8 Å². The van der Waals surface area contributed by atoms with Crippen molar-refractivity contribution in [2.45, 2.75) is 26.7 Å². The molecule has 0 saturated heterocycles. The van der Waals surface area contributed by atoms with E-state index in [1.807, 2.05) is 25.1 Å². The van der Waals surface area contributed by atoms with Crippen LogP contribution in [0.2, 0.25) is 0 Å². The number of aryl methyl sites for hydroxylation is 2. The largest absolute Gasteiger partial charge is 0.360 e. The molecule has 2 aromatic rings. The molecule has 23 heavy (non-hydrogen) atoms. The highest BCUT2D eigenvalue weighted by molar-refractivity contribution is 9.10. The van der Waals surface area contributed by atoms with Crippen LogP contribution in [0.1, 0.15) is 24.2 Å². The Morgan fingerprint density at radius 2 is 1.87 bits per heavy atom. The van der Waals surface area contributed by atoms with Gasteiger partial charge in [0.15, 0.2) is 5.82 Å². The lowest BCUT2D eigenvalue weighted by Gasteiger charge is -2.15. The second-order valence-electron chi connectivity index (χ2n) is 5.77. The van der Waals surface area contributed by atoms with Crippen LogP contribution in [0.3, 0.4) is 0 Å². The van der Waals surface area contributed by atoms with Crippen LogP contribution in [0.4, 0.5) is 11.5 Å². The van der Waals surface area contributed by atoms with Crippen molar-refractivity contribution in [2.24, 2.45) is 5.41 Å². The maximum Gasteiger partial charge on any atom is 0.241 e. The summed E-state index contributed by atoms with van der Waals surface area (Å²) in [7, 11) is 0. The summed E-state index contributed by atoms with van der Waals surface area (Å²) in [6, 6.07) is 7.19. The van der Waals surface area contributed by atoms with E-state index < -0.39 is 5.41 Å². The van der Waals surface area contributed by atoms with Crippen LogP contribution >= 0.6 is 15.9 Å². The molecule has 1 aromatic heterocycles. The van der Waals surface area contributed by atoms with E-state index in [1.54, 1.807) is 13.0 Å². The van der Waals surface area contributed by atoms with Gasteiger partial charge >= 0.3 is 0 Å². The molecule has 2 amide bonds. The third kappa shape index (κ3) is 3.14. The molecule has 120 valence electrons. The molecule has 1 fully saturated rings. The quantitative estimate of drug-likeness (QED) is 0.799. The van der Waals surface area contributed by atoms with E-state index in [0.717, 1.165) is 10.0 Å². The zero-order valence-electron chi connectivity index (χ0n) is 12.8. The number of hydrogen-bond donors (Lipinski definition) is 2. The summed E-state index contributed by atoms with van der Waals surface area (Å²) in [5.74, 6) is 0.283. The molecule has 1 aliphatic carbocycles. The normalized spacial score (nSPS) is 15.1. The van der Waals surface area contributed by atoms with Gasteiger partial charge in [-0.2, -0.15) is 0 Å². The first-order chi connectivity index (χ1) is 10.9. The monoisotopic (exact) mass is 377 g/mol. The van der Waals surface area contributed by atoms with Gasteiger partial charge in [-0.25, -0.2) is 0 Å². The third-order valence-electron chi connectivity index (χ3n) is 3.93. The molecule has 7 heteroatoms. The number of rotatable bonds is 4. The lowest BCUT2D eigenvalue weighted by Crippen LogP contribution is -2.35. The topological polar surface area (TPSA) is 84.2 Å². The molecule has 0 radical (unpaired) electrons. The number of anilines is 2. The number of carbonyl (C=O) groups excluding carboxylic acids is 2. The van der Waals surface area contributed by atoms with Crippen LogP contribution in [-0.4, -0.2) is 17.0 Å². The summed E-state index contributed by atoms with van der Waals surface area (Å²) in [5, 5.41) is 9.21. The summed E-state index contributed by atoms with van der Waals surface area (Å²) >= 11 is 3.38. The number of carbonyl (C=O) groups is 2. The minimum Gasteiger partial charge on any atom is -0.360 e. The van der Waals surface area contributed by atoms with E-state index in [0.29, 0.717) is 30.1 Å². The van der Waals surface area contributed by atoms with Gasteiger partial charge in [0.1, 0.15) is 11.2 Å². The zero-order valence-corrected chi connectivity index (χ0v) is 14.4. The van der Waals surface area contributed by atoms with Gasteiger partial charge in [0, 0.05) is 16.2 Å². The van der Waals surface area contributed by atoms with Crippen molar-refractivity contribution in [1.82, 2.24) is 5.16 Å². The van der Waals surface area contributed by atoms with Gasteiger partial charge in [-0.1, -0.05) is 21.1 Å². The summed E-state index contributed by atoms with van der Waals surface area (Å²) in [6.07, 6.45) is 1.05. The third-order valence-corrected chi connectivity index (χ3v) is 4.42. The highest BCUT2D eigenvalue weighted by Crippen LogP contribution is 2.47. The Labute approximate surface area is 141 Å². The molecule has 1 heterocycles. The molecule has 3 rings (SSSR count). The zero-order chi connectivity index (χ0) is 16.6. The van der Waals surface area contributed by atoms with Crippen LogP contribution in [0.5, 0.6) is 0 Å². The van der Waals surface area contributed by atoms with E-state index in [9.17, 15) is 9.59 Å². The molecule has 1 saturated carbocycles. The molecule has 1 aromatic carbocycles. The number of hydrogen-bond acceptors (Lipinski definition) is 4. The first-order valence-corrected chi connectivity index (χ1v) is 8.02. The van der Waals surface area contributed by atoms with Crippen molar-refractivity contribution < 1.29 is 14.1 Å². The Morgan fingerprint density at radius 1 is 1.17 bits per heavy atom. The molecule has 0 aliphatic heterocycles. The maximum absolute atomic E-state index is 12.5. The van der Waals surface area contributed by atoms with E-state index in [4.69, 9.17) is 4.52 Å². The molecule has 2 N–H and O–H groups in total. The first kappa shape index (κ1) is 15.7. The predicted molar refractivity (Wildman–Crippen MR) is 89.0 cm³/mol. The molecular weight excluding hydrogens is 362 g/mol. The number of amides is 2. The SMILES string of the molecule is Cc1cc(NC(=O)C2(C(=O)Nc3ccc(Br)cc3C)CC2)no1. The summed E-state index contributed by atoms with van der Waals surface area (Å²) in [6.45, 7) is 3.64. The highest BCUT2D eigenvalue weighted by Gasteiger charge is 2.56. The van der Waals surface area contributed by atoms with Gasteiger partial charge in [-0.15, -0.1) is 0 Å². The summed E-state index contributed by atoms with van der Waals surface area (Å²) in [5.41, 5.74) is 0.609. The first-order valence-electron chi connectivity index (χ1n) is 7.23. The van der Waals surface area contributed by atoms with Gasteiger partial charge in [-0.3, -0.25) is 9.59 Å². The standard InChI is InChI=1S/C16H16BrN3O3/c1-9-7-11(17)3-4-12(9)18-14(21)16(5-6-16)15(22)19-13-8-10(2)23-20-13/h3-4,7-8H,5-6H2,1-2H3,(H,18,21)(H,19,20,22). The van der Waals surface area contributed by atoms with E-state index in [1.165, 1.54) is 0 Å². The second-order valence-corrected chi connectivity index (χ2v) is 6.69. The number of nitrogens with one attached hydrogen (secondary N) is 2. The summed E-state index contributed by atoms with van der Waals surface area (Å²) in [4.78, 5) is 25.0. The minimum absolute atomic E-state index is 0.291. The molecule has 0 spiro atoms. The van der Waals surface area contributed by atoms with Gasteiger partial charge in [-0.05, 0) is 50.5 Å². The fraction of sp³-hybridized carbons (Fsp3) is 0.312. The fourth-order valence-electron chi connectivity index (χ4n) is 2.35. The van der Waals surface area contributed by atoms with Crippen LogP contribution in [0.25, 0.3) is 0 Å². The van der Waals surface area contributed by atoms with Gasteiger partial charge in [0.05, 0.1) is 0 Å². The van der Waals surface area contributed by atoms with E-state index in [-0.39, 0.29) is 11.8 Å². The maximum atomic E-state index is 12.5. The Kier molecular flexibility index (Phi) is 3.97. The fourth-order valence-corrected chi connectivity index (χ4v) is 2.83. The van der Waals surface area contributed by atoms with Crippen LogP contribution in [-0.2, 0) is 9.59 Å². The Balaban J connectivity index is 1.72. The average molecular weight is 378 g/mol. The minimum atomic E-state index is -1.02.